The molecular weight excluding hydrogens is 274 g/mol. The highest BCUT2D eigenvalue weighted by Crippen LogP contribution is 2.22. The van der Waals surface area contributed by atoms with Gasteiger partial charge in [-0.3, -0.25) is 10.1 Å². The summed E-state index contributed by atoms with van der Waals surface area (Å²) >= 11 is 0. The van der Waals surface area contributed by atoms with E-state index in [0.717, 1.165) is 33.7 Å². The fourth-order valence-electron chi connectivity index (χ4n) is 2.31. The SMILES string of the molecule is c1ccc(Nc2ccc3ncc(-c4cn[nH]c4)nc3c2)cc1. The predicted octanol–water partition coefficient (Wildman–Crippen LogP) is 3.76. The van der Waals surface area contributed by atoms with Crippen LogP contribution in [0.15, 0.2) is 67.1 Å². The zero-order valence-electron chi connectivity index (χ0n) is 11.7. The summed E-state index contributed by atoms with van der Waals surface area (Å²) in [5.41, 5.74) is 5.47. The lowest BCUT2D eigenvalue weighted by Crippen LogP contribution is -1.92. The third-order valence-electron chi connectivity index (χ3n) is 3.40. The fourth-order valence-corrected chi connectivity index (χ4v) is 2.31. The molecule has 4 rings (SSSR count). The second-order valence-electron chi connectivity index (χ2n) is 4.94. The van der Waals surface area contributed by atoms with Crippen LogP contribution in [0.5, 0.6) is 0 Å². The number of rotatable bonds is 3. The number of nitrogens with one attached hydrogen (secondary N) is 2. The molecule has 2 N–H and O–H groups in total. The maximum atomic E-state index is 4.66. The minimum atomic E-state index is 0.804. The second kappa shape index (κ2) is 5.29. The molecule has 0 aliphatic heterocycles. The lowest BCUT2D eigenvalue weighted by Gasteiger charge is -2.07. The summed E-state index contributed by atoms with van der Waals surface area (Å²) in [5.74, 6) is 0. The Balaban J connectivity index is 1.73. The molecule has 4 aromatic rings. The van der Waals surface area contributed by atoms with Crippen molar-refractivity contribution in [3.63, 3.8) is 0 Å². The molecule has 0 fully saturated rings. The largest absolute Gasteiger partial charge is 0.355 e. The lowest BCUT2D eigenvalue weighted by molar-refractivity contribution is 1.09. The molecule has 2 aromatic carbocycles. The molecule has 0 aliphatic rings. The molecule has 106 valence electrons. The van der Waals surface area contributed by atoms with Crippen molar-refractivity contribution in [2.24, 2.45) is 0 Å². The first-order valence-corrected chi connectivity index (χ1v) is 6.96. The van der Waals surface area contributed by atoms with Crippen LogP contribution in [0, 0.1) is 0 Å². The van der Waals surface area contributed by atoms with Crippen LogP contribution in [0.4, 0.5) is 11.4 Å². The quantitative estimate of drug-likeness (QED) is 0.602. The third kappa shape index (κ3) is 2.40. The van der Waals surface area contributed by atoms with Gasteiger partial charge in [-0.2, -0.15) is 5.10 Å². The van der Waals surface area contributed by atoms with Gasteiger partial charge in [0.15, 0.2) is 0 Å². The first-order valence-electron chi connectivity index (χ1n) is 6.96. The van der Waals surface area contributed by atoms with Crippen LogP contribution >= 0.6 is 0 Å². The first kappa shape index (κ1) is 12.5. The van der Waals surface area contributed by atoms with E-state index in [0.29, 0.717) is 0 Å². The molecule has 5 heteroatoms. The monoisotopic (exact) mass is 287 g/mol. The van der Waals surface area contributed by atoms with Gasteiger partial charge >= 0.3 is 0 Å². The number of anilines is 2. The van der Waals surface area contributed by atoms with Crippen LogP contribution in [0.2, 0.25) is 0 Å². The number of benzene rings is 2. The van der Waals surface area contributed by atoms with E-state index in [1.54, 1.807) is 12.4 Å². The summed E-state index contributed by atoms with van der Waals surface area (Å²) < 4.78 is 0. The van der Waals surface area contributed by atoms with Crippen molar-refractivity contribution >= 4 is 22.4 Å². The summed E-state index contributed by atoms with van der Waals surface area (Å²) in [6.45, 7) is 0. The maximum Gasteiger partial charge on any atom is 0.0924 e. The summed E-state index contributed by atoms with van der Waals surface area (Å²) in [4.78, 5) is 9.11. The Bertz CT molecular complexity index is 901. The van der Waals surface area contributed by atoms with E-state index in [4.69, 9.17) is 0 Å². The molecular formula is C17H13N5. The molecule has 0 bridgehead atoms. The number of hydrogen-bond donors (Lipinski definition) is 2. The van der Waals surface area contributed by atoms with Crippen LogP contribution < -0.4 is 5.32 Å². The highest BCUT2D eigenvalue weighted by Gasteiger charge is 2.04. The number of fused-ring (bicyclic) bond motifs is 1. The standard InChI is InChI=1S/C17H13N5/c1-2-4-13(5-3-1)21-14-6-7-15-16(8-14)22-17(11-18-15)12-9-19-20-10-12/h1-11,21H,(H,19,20). The smallest absolute Gasteiger partial charge is 0.0924 e. The molecule has 2 heterocycles. The molecule has 0 atom stereocenters. The van der Waals surface area contributed by atoms with Crippen LogP contribution in [-0.4, -0.2) is 20.2 Å². The Labute approximate surface area is 127 Å². The summed E-state index contributed by atoms with van der Waals surface area (Å²) in [6.07, 6.45) is 5.31. The molecule has 0 saturated carbocycles. The van der Waals surface area contributed by atoms with E-state index in [2.05, 4.69) is 25.5 Å². The zero-order chi connectivity index (χ0) is 14.8. The summed E-state index contributed by atoms with van der Waals surface area (Å²) in [6, 6.07) is 16.0. The van der Waals surface area contributed by atoms with E-state index >= 15 is 0 Å². The molecule has 0 aliphatic carbocycles. The molecule has 0 amide bonds. The number of para-hydroxylation sites is 1. The topological polar surface area (TPSA) is 66.5 Å². The van der Waals surface area contributed by atoms with Crippen LogP contribution in [0.3, 0.4) is 0 Å². The van der Waals surface area contributed by atoms with Gasteiger partial charge in [-0.15, -0.1) is 0 Å². The number of H-pyrrole nitrogens is 1. The van der Waals surface area contributed by atoms with Gasteiger partial charge in [-0.05, 0) is 30.3 Å². The van der Waals surface area contributed by atoms with Crippen molar-refractivity contribution in [2.75, 3.05) is 5.32 Å². The van der Waals surface area contributed by atoms with Crippen molar-refractivity contribution in [2.45, 2.75) is 0 Å². The van der Waals surface area contributed by atoms with E-state index in [1.165, 1.54) is 0 Å². The van der Waals surface area contributed by atoms with Crippen LogP contribution in [0.1, 0.15) is 0 Å². The molecule has 0 spiro atoms. The van der Waals surface area contributed by atoms with Crippen molar-refractivity contribution in [3.8, 4) is 11.3 Å². The van der Waals surface area contributed by atoms with Crippen LogP contribution in [0.25, 0.3) is 22.3 Å². The van der Waals surface area contributed by atoms with Crippen molar-refractivity contribution in [3.05, 3.63) is 67.1 Å². The van der Waals surface area contributed by atoms with Gasteiger partial charge in [0, 0.05) is 23.1 Å². The number of hydrogen-bond acceptors (Lipinski definition) is 4. The summed E-state index contributed by atoms with van der Waals surface area (Å²) in [7, 11) is 0. The highest BCUT2D eigenvalue weighted by atomic mass is 15.1. The Morgan fingerprint density at radius 1 is 0.864 bits per heavy atom. The number of nitrogens with zero attached hydrogens (tertiary/aromatic N) is 3. The molecule has 0 radical (unpaired) electrons. The van der Waals surface area contributed by atoms with Crippen molar-refractivity contribution in [1.82, 2.24) is 20.2 Å². The number of aromatic amines is 1. The second-order valence-corrected chi connectivity index (χ2v) is 4.94. The van der Waals surface area contributed by atoms with E-state index in [-0.39, 0.29) is 0 Å². The predicted molar refractivity (Wildman–Crippen MR) is 86.8 cm³/mol. The highest BCUT2D eigenvalue weighted by molar-refractivity contribution is 5.81. The molecule has 0 saturated heterocycles. The van der Waals surface area contributed by atoms with E-state index in [1.807, 2.05) is 54.7 Å². The third-order valence-corrected chi connectivity index (χ3v) is 3.40. The van der Waals surface area contributed by atoms with Crippen LogP contribution in [-0.2, 0) is 0 Å². The lowest BCUT2D eigenvalue weighted by atomic mass is 10.2. The van der Waals surface area contributed by atoms with Gasteiger partial charge < -0.3 is 5.32 Å². The van der Waals surface area contributed by atoms with Gasteiger partial charge in [-0.1, -0.05) is 18.2 Å². The van der Waals surface area contributed by atoms with Gasteiger partial charge in [0.05, 0.1) is 29.1 Å². The normalized spacial score (nSPS) is 10.7. The summed E-state index contributed by atoms with van der Waals surface area (Å²) in [5, 5.41) is 10.1. The van der Waals surface area contributed by atoms with Crippen molar-refractivity contribution < 1.29 is 0 Å². The first-order chi connectivity index (χ1) is 10.9. The fraction of sp³-hybridized carbons (Fsp3) is 0. The van der Waals surface area contributed by atoms with Gasteiger partial charge in [0.1, 0.15) is 0 Å². The maximum absolute atomic E-state index is 4.66. The van der Waals surface area contributed by atoms with Gasteiger partial charge in [0.25, 0.3) is 0 Å². The molecule has 0 unspecified atom stereocenters. The average molecular weight is 287 g/mol. The Morgan fingerprint density at radius 2 is 1.77 bits per heavy atom. The van der Waals surface area contributed by atoms with E-state index < -0.39 is 0 Å². The molecule has 2 aromatic heterocycles. The average Bonchev–Trinajstić information content (AvgIpc) is 3.10. The molecule has 22 heavy (non-hydrogen) atoms. The number of aromatic nitrogens is 4. The molecule has 5 nitrogen and oxygen atoms in total. The van der Waals surface area contributed by atoms with Crippen molar-refractivity contribution in [1.29, 1.82) is 0 Å². The van der Waals surface area contributed by atoms with E-state index in [9.17, 15) is 0 Å². The van der Waals surface area contributed by atoms with Gasteiger partial charge in [-0.25, -0.2) is 4.98 Å². The minimum absolute atomic E-state index is 0.804. The Morgan fingerprint density at radius 3 is 2.59 bits per heavy atom. The van der Waals surface area contributed by atoms with Gasteiger partial charge in [0.2, 0.25) is 0 Å². The zero-order valence-corrected chi connectivity index (χ0v) is 11.7. The Hall–Kier alpha value is -3.21. The Kier molecular flexibility index (Phi) is 3.01. The minimum Gasteiger partial charge on any atom is -0.355 e.